The van der Waals surface area contributed by atoms with E-state index in [1.165, 1.54) is 11.1 Å². The van der Waals surface area contributed by atoms with Gasteiger partial charge in [0.15, 0.2) is 0 Å². The highest BCUT2D eigenvalue weighted by atomic mass is 16.2. The van der Waals surface area contributed by atoms with Gasteiger partial charge in [0.05, 0.1) is 13.1 Å². The number of carbonyl (C=O) groups excluding carboxylic acids is 2. The number of rotatable bonds is 10. The minimum Gasteiger partial charge on any atom is -0.355 e. The fraction of sp³-hybridized carbons (Fsp3) is 0.600. The highest BCUT2D eigenvalue weighted by Gasteiger charge is 2.13. The van der Waals surface area contributed by atoms with Crippen molar-refractivity contribution in [3.63, 3.8) is 0 Å². The molecule has 0 unspecified atom stereocenters. The number of carbonyl (C=O) groups is 2. The lowest BCUT2D eigenvalue weighted by molar-refractivity contribution is -0.125. The van der Waals surface area contributed by atoms with Crippen LogP contribution in [0, 0.1) is 0 Å². The maximum Gasteiger partial charge on any atom is 0.234 e. The fourth-order valence-electron chi connectivity index (χ4n) is 2.52. The molecule has 1 aromatic carbocycles. The van der Waals surface area contributed by atoms with Crippen molar-refractivity contribution in [3.05, 3.63) is 35.4 Å². The maximum absolute atomic E-state index is 12.1. The number of hydrogen-bond donors (Lipinski definition) is 2. The molecule has 0 saturated carbocycles. The lowest BCUT2D eigenvalue weighted by atomic mass is 10.0. The van der Waals surface area contributed by atoms with Gasteiger partial charge in [0.1, 0.15) is 0 Å². The smallest absolute Gasteiger partial charge is 0.234 e. The van der Waals surface area contributed by atoms with Crippen molar-refractivity contribution in [2.45, 2.75) is 53.0 Å². The van der Waals surface area contributed by atoms with E-state index < -0.39 is 0 Å². The van der Waals surface area contributed by atoms with E-state index in [0.717, 1.165) is 6.42 Å². The van der Waals surface area contributed by atoms with Crippen LogP contribution in [0.4, 0.5) is 0 Å². The Bertz CT molecular complexity index is 538. The molecule has 0 spiro atoms. The zero-order valence-electron chi connectivity index (χ0n) is 16.3. The molecule has 0 aliphatic carbocycles. The number of likely N-dealkylation sites (N-methyl/N-ethyl adjacent to an activating group) is 1. The molecule has 2 amide bonds. The van der Waals surface area contributed by atoms with Crippen LogP contribution in [0.5, 0.6) is 0 Å². The number of benzene rings is 1. The van der Waals surface area contributed by atoms with Gasteiger partial charge < -0.3 is 10.6 Å². The summed E-state index contributed by atoms with van der Waals surface area (Å²) in [5.41, 5.74) is 2.54. The second-order valence-electron chi connectivity index (χ2n) is 7.02. The van der Waals surface area contributed by atoms with E-state index in [1.54, 1.807) is 0 Å². The lowest BCUT2D eigenvalue weighted by Gasteiger charge is -2.20. The summed E-state index contributed by atoms with van der Waals surface area (Å²) >= 11 is 0. The van der Waals surface area contributed by atoms with E-state index in [2.05, 4.69) is 48.7 Å². The third kappa shape index (κ3) is 8.68. The Labute approximate surface area is 152 Å². The Morgan fingerprint density at radius 2 is 1.60 bits per heavy atom. The van der Waals surface area contributed by atoms with Crippen molar-refractivity contribution in [2.24, 2.45) is 0 Å². The summed E-state index contributed by atoms with van der Waals surface area (Å²) in [7, 11) is 0. The van der Waals surface area contributed by atoms with E-state index in [9.17, 15) is 9.59 Å². The van der Waals surface area contributed by atoms with Crippen LogP contribution in [0.1, 0.15) is 51.7 Å². The monoisotopic (exact) mass is 347 g/mol. The summed E-state index contributed by atoms with van der Waals surface area (Å²) in [4.78, 5) is 25.7. The molecule has 0 aromatic heterocycles. The van der Waals surface area contributed by atoms with Crippen LogP contribution in [-0.4, -0.2) is 48.9 Å². The normalized spacial score (nSPS) is 11.2. The van der Waals surface area contributed by atoms with Crippen molar-refractivity contribution in [3.8, 4) is 0 Å². The molecule has 0 fully saturated rings. The summed E-state index contributed by atoms with van der Waals surface area (Å²) in [6.07, 6.45) is 0.810. The Kier molecular flexibility index (Phi) is 9.21. The first-order chi connectivity index (χ1) is 11.8. The van der Waals surface area contributed by atoms with E-state index in [-0.39, 0.29) is 30.9 Å². The third-order valence-electron chi connectivity index (χ3n) is 4.01. The van der Waals surface area contributed by atoms with Crippen LogP contribution in [0.3, 0.4) is 0 Å². The summed E-state index contributed by atoms with van der Waals surface area (Å²) in [5, 5.41) is 5.78. The number of nitrogens with one attached hydrogen (secondary N) is 2. The van der Waals surface area contributed by atoms with Crippen molar-refractivity contribution in [2.75, 3.05) is 26.2 Å². The molecule has 0 saturated heterocycles. The van der Waals surface area contributed by atoms with Crippen molar-refractivity contribution in [1.82, 2.24) is 15.5 Å². The van der Waals surface area contributed by atoms with E-state index in [0.29, 0.717) is 19.0 Å². The molecule has 0 aliphatic rings. The van der Waals surface area contributed by atoms with Gasteiger partial charge in [-0.25, -0.2) is 0 Å². The molecule has 25 heavy (non-hydrogen) atoms. The van der Waals surface area contributed by atoms with Gasteiger partial charge >= 0.3 is 0 Å². The van der Waals surface area contributed by atoms with Gasteiger partial charge in [-0.3, -0.25) is 14.5 Å². The lowest BCUT2D eigenvalue weighted by Crippen LogP contribution is -2.44. The van der Waals surface area contributed by atoms with Crippen LogP contribution in [0.15, 0.2) is 24.3 Å². The Morgan fingerprint density at radius 3 is 2.12 bits per heavy atom. The standard InChI is InChI=1S/C20H33N3O2/c1-6-23(14-20(25)22-16(4)5)13-19(24)21-12-11-17-7-9-18(10-8-17)15(2)3/h7-10,15-16H,6,11-14H2,1-5H3,(H,21,24)(H,22,25). The van der Waals surface area contributed by atoms with E-state index in [1.807, 2.05) is 25.7 Å². The third-order valence-corrected chi connectivity index (χ3v) is 4.01. The minimum absolute atomic E-state index is 0.0435. The summed E-state index contributed by atoms with van der Waals surface area (Å²) in [6.45, 7) is 11.9. The molecule has 2 N–H and O–H groups in total. The number of hydrogen-bond acceptors (Lipinski definition) is 3. The van der Waals surface area contributed by atoms with Crippen molar-refractivity contribution in [1.29, 1.82) is 0 Å². The average Bonchev–Trinajstić information content (AvgIpc) is 2.53. The zero-order valence-corrected chi connectivity index (χ0v) is 16.3. The summed E-state index contributed by atoms with van der Waals surface area (Å²) < 4.78 is 0. The van der Waals surface area contributed by atoms with Gasteiger partial charge in [0.2, 0.25) is 11.8 Å². The van der Waals surface area contributed by atoms with Gasteiger partial charge in [0.25, 0.3) is 0 Å². The predicted molar refractivity (Wildman–Crippen MR) is 103 cm³/mol. The van der Waals surface area contributed by atoms with E-state index in [4.69, 9.17) is 0 Å². The molecule has 0 bridgehead atoms. The minimum atomic E-state index is -0.0464. The van der Waals surface area contributed by atoms with Gasteiger partial charge in [-0.05, 0) is 43.9 Å². The highest BCUT2D eigenvalue weighted by Crippen LogP contribution is 2.14. The highest BCUT2D eigenvalue weighted by molar-refractivity contribution is 5.81. The SMILES string of the molecule is CCN(CC(=O)NCCc1ccc(C(C)C)cc1)CC(=O)NC(C)C. The number of amides is 2. The Hall–Kier alpha value is -1.88. The first-order valence-corrected chi connectivity index (χ1v) is 9.19. The number of nitrogens with zero attached hydrogens (tertiary/aromatic N) is 1. The quantitative estimate of drug-likeness (QED) is 0.683. The molecular weight excluding hydrogens is 314 g/mol. The van der Waals surface area contributed by atoms with Crippen LogP contribution in [0.25, 0.3) is 0 Å². The molecule has 1 aromatic rings. The predicted octanol–water partition coefficient (Wildman–Crippen LogP) is 2.32. The summed E-state index contributed by atoms with van der Waals surface area (Å²) in [6, 6.07) is 8.65. The first kappa shape index (κ1) is 21.2. The van der Waals surface area contributed by atoms with Crippen LogP contribution >= 0.6 is 0 Å². The zero-order chi connectivity index (χ0) is 18.8. The average molecular weight is 348 g/mol. The second-order valence-corrected chi connectivity index (χ2v) is 7.02. The first-order valence-electron chi connectivity index (χ1n) is 9.19. The fourth-order valence-corrected chi connectivity index (χ4v) is 2.52. The molecule has 0 aliphatic heterocycles. The molecule has 0 radical (unpaired) electrons. The van der Waals surface area contributed by atoms with Crippen molar-refractivity contribution >= 4 is 11.8 Å². The molecule has 5 nitrogen and oxygen atoms in total. The van der Waals surface area contributed by atoms with Crippen LogP contribution in [0.2, 0.25) is 0 Å². The molecular formula is C20H33N3O2. The summed E-state index contributed by atoms with van der Waals surface area (Å²) in [5.74, 6) is 0.439. The Balaban J connectivity index is 2.34. The molecule has 5 heteroatoms. The Morgan fingerprint density at radius 1 is 1.00 bits per heavy atom. The van der Waals surface area contributed by atoms with Gasteiger partial charge in [-0.2, -0.15) is 0 Å². The van der Waals surface area contributed by atoms with Crippen LogP contribution in [-0.2, 0) is 16.0 Å². The van der Waals surface area contributed by atoms with E-state index >= 15 is 0 Å². The van der Waals surface area contributed by atoms with Gasteiger partial charge in [0, 0.05) is 12.6 Å². The van der Waals surface area contributed by atoms with Gasteiger partial charge in [-0.15, -0.1) is 0 Å². The van der Waals surface area contributed by atoms with Crippen LogP contribution < -0.4 is 10.6 Å². The second kappa shape index (κ2) is 10.9. The molecule has 140 valence electrons. The molecule has 0 heterocycles. The topological polar surface area (TPSA) is 61.4 Å². The molecule has 0 atom stereocenters. The molecule has 1 rings (SSSR count). The largest absolute Gasteiger partial charge is 0.355 e. The van der Waals surface area contributed by atoms with Gasteiger partial charge in [-0.1, -0.05) is 45.0 Å². The maximum atomic E-state index is 12.1. The van der Waals surface area contributed by atoms with Crippen molar-refractivity contribution < 1.29 is 9.59 Å².